The molecule has 0 aliphatic carbocycles. The first-order valence-corrected chi connectivity index (χ1v) is 26.8. The molecule has 12 rings (SSSR count). The molecule has 0 amide bonds. The van der Waals surface area contributed by atoms with Gasteiger partial charge in [0.15, 0.2) is 0 Å². The molecule has 0 unspecified atom stereocenters. The molecule has 7 heteroatoms. The van der Waals surface area contributed by atoms with Gasteiger partial charge in [-0.3, -0.25) is 0 Å². The zero-order chi connectivity index (χ0) is 56.3. The quantitative estimate of drug-likeness (QED) is 0.128. The molecule has 0 saturated heterocycles. The van der Waals surface area contributed by atoms with Gasteiger partial charge < -0.3 is 9.13 Å². The SMILES string of the molecule is C=C(C)/C=C\C=C(/C)c1ccc2c(c1)c1cc(-c3cccc(C)c3)ccc1n2-c1ccc(C#N)cc1-c1cc(-c2ccc(C(F)(F)F)cc2C#N)ccc1-n1c2ccc(-c3cccc(C)c3)cc2c2cc(-c3cccc(C)c3)ccc21. The van der Waals surface area contributed by atoms with Crippen LogP contribution in [0.15, 0.2) is 231 Å². The van der Waals surface area contributed by atoms with Crippen LogP contribution >= 0.6 is 0 Å². The number of fused-ring (bicyclic) bond motifs is 6. The number of aromatic nitrogens is 2. The van der Waals surface area contributed by atoms with E-state index >= 15 is 0 Å². The van der Waals surface area contributed by atoms with Crippen LogP contribution in [0, 0.1) is 43.4 Å². The highest BCUT2D eigenvalue weighted by Gasteiger charge is 2.31. The number of alkyl halides is 3. The first-order chi connectivity index (χ1) is 39.1. The van der Waals surface area contributed by atoms with Crippen LogP contribution in [0.4, 0.5) is 13.2 Å². The van der Waals surface area contributed by atoms with Gasteiger partial charge in [0.1, 0.15) is 0 Å². The van der Waals surface area contributed by atoms with Gasteiger partial charge in [-0.1, -0.05) is 156 Å². The van der Waals surface area contributed by atoms with Crippen molar-refractivity contribution in [1.29, 1.82) is 10.5 Å². The van der Waals surface area contributed by atoms with Crippen LogP contribution in [0.3, 0.4) is 0 Å². The van der Waals surface area contributed by atoms with Crippen LogP contribution < -0.4 is 0 Å². The van der Waals surface area contributed by atoms with E-state index in [-0.39, 0.29) is 5.56 Å². The molecule has 10 aromatic carbocycles. The first kappa shape index (κ1) is 51.5. The van der Waals surface area contributed by atoms with Crippen LogP contribution in [-0.2, 0) is 6.18 Å². The molecule has 390 valence electrons. The lowest BCUT2D eigenvalue weighted by Gasteiger charge is -2.20. The summed E-state index contributed by atoms with van der Waals surface area (Å²) >= 11 is 0. The predicted molar refractivity (Wildman–Crippen MR) is 329 cm³/mol. The first-order valence-electron chi connectivity index (χ1n) is 26.8. The van der Waals surface area contributed by atoms with E-state index in [0.29, 0.717) is 27.8 Å². The van der Waals surface area contributed by atoms with E-state index in [0.717, 1.165) is 134 Å². The van der Waals surface area contributed by atoms with Crippen molar-refractivity contribution in [3.63, 3.8) is 0 Å². The highest BCUT2D eigenvalue weighted by molar-refractivity contribution is 6.14. The number of hydrogen-bond donors (Lipinski definition) is 0. The average molecular weight is 1060 g/mol. The van der Waals surface area contributed by atoms with Crippen LogP contribution in [-0.4, -0.2) is 9.13 Å². The van der Waals surface area contributed by atoms with Gasteiger partial charge in [-0.25, -0.2) is 0 Å². The van der Waals surface area contributed by atoms with Crippen LogP contribution in [0.25, 0.3) is 116 Å². The minimum atomic E-state index is -4.65. The lowest BCUT2D eigenvalue weighted by molar-refractivity contribution is -0.137. The van der Waals surface area contributed by atoms with E-state index in [9.17, 15) is 23.7 Å². The largest absolute Gasteiger partial charge is 0.416 e. The number of halogens is 3. The second-order valence-corrected chi connectivity index (χ2v) is 21.2. The van der Waals surface area contributed by atoms with Crippen molar-refractivity contribution < 1.29 is 13.2 Å². The van der Waals surface area contributed by atoms with Gasteiger partial charge >= 0.3 is 6.18 Å². The summed E-state index contributed by atoms with van der Waals surface area (Å²) in [5.41, 5.74) is 19.9. The van der Waals surface area contributed by atoms with Gasteiger partial charge in [-0.15, -0.1) is 0 Å². The Morgan fingerprint density at radius 1 is 0.457 bits per heavy atom. The number of hydrogen-bond acceptors (Lipinski definition) is 2. The monoisotopic (exact) mass is 1050 g/mol. The fourth-order valence-electron chi connectivity index (χ4n) is 11.5. The molecule has 0 bridgehead atoms. The van der Waals surface area contributed by atoms with Gasteiger partial charge in [0.25, 0.3) is 0 Å². The molecule has 0 spiro atoms. The maximum absolute atomic E-state index is 14.3. The van der Waals surface area contributed by atoms with E-state index in [2.05, 4.69) is 207 Å². The maximum atomic E-state index is 14.3. The number of rotatable bonds is 10. The zero-order valence-electron chi connectivity index (χ0n) is 45.4. The van der Waals surface area contributed by atoms with Crippen molar-refractivity contribution in [1.82, 2.24) is 9.13 Å². The predicted octanol–water partition coefficient (Wildman–Crippen LogP) is 20.4. The summed E-state index contributed by atoms with van der Waals surface area (Å²) in [5, 5.41) is 25.4. The fraction of sp³-hybridized carbons (Fsp3) is 0.0811. The molecule has 0 N–H and O–H groups in total. The standard InChI is InChI=1S/C74H53F3N4/c1-45(2)11-7-15-49(6)51-20-28-69-63(38-51)64-39-55(52-16-8-12-46(3)33-52)21-29-70(64)80(69)68-27-19-50(43-78)36-62(68)67-42-58(61-26-25-60(74(75,76)77)37-59(61)44-79)24-32-73(67)81-71-30-22-56(53-17-9-13-47(4)34-53)40-65(71)66-41-57(23-31-72(66)81)54-18-10-14-48(5)35-54/h7-42H,1H2,2-6H3/b11-7-,49-15+. The molecule has 0 aliphatic heterocycles. The van der Waals surface area contributed by atoms with Gasteiger partial charge in [0.2, 0.25) is 0 Å². The Balaban J connectivity index is 1.18. The van der Waals surface area contributed by atoms with Crippen LogP contribution in [0.5, 0.6) is 0 Å². The van der Waals surface area contributed by atoms with E-state index < -0.39 is 11.7 Å². The molecule has 0 radical (unpaired) electrons. The summed E-state index contributed by atoms with van der Waals surface area (Å²) in [4.78, 5) is 0. The Kier molecular flexibility index (Phi) is 13.1. The van der Waals surface area contributed by atoms with Gasteiger partial charge in [0, 0.05) is 32.7 Å². The molecule has 0 atom stereocenters. The number of aryl methyl sites for hydroxylation is 3. The number of allylic oxidation sites excluding steroid dienone is 5. The Morgan fingerprint density at radius 3 is 1.38 bits per heavy atom. The number of nitrogens with zero attached hydrogens (tertiary/aromatic N) is 4. The van der Waals surface area contributed by atoms with E-state index in [1.807, 2.05) is 55.5 Å². The molecule has 81 heavy (non-hydrogen) atoms. The Hall–Kier alpha value is -10.2. The smallest absolute Gasteiger partial charge is 0.309 e. The second kappa shape index (κ2) is 20.5. The summed E-state index contributed by atoms with van der Waals surface area (Å²) in [6.07, 6.45) is 1.45. The van der Waals surface area contributed by atoms with E-state index in [1.165, 1.54) is 6.07 Å². The third kappa shape index (κ3) is 9.60. The second-order valence-electron chi connectivity index (χ2n) is 21.2. The molecule has 4 nitrogen and oxygen atoms in total. The van der Waals surface area contributed by atoms with E-state index in [1.54, 1.807) is 0 Å². The minimum absolute atomic E-state index is 0.110. The Bertz CT molecular complexity index is 4630. The summed E-state index contributed by atoms with van der Waals surface area (Å²) in [5.74, 6) is 0. The van der Waals surface area contributed by atoms with E-state index in [4.69, 9.17) is 0 Å². The third-order valence-corrected chi connectivity index (χ3v) is 15.4. The lowest BCUT2D eigenvalue weighted by atomic mass is 9.92. The summed E-state index contributed by atoms with van der Waals surface area (Å²) < 4.78 is 47.3. The van der Waals surface area contributed by atoms with Crippen molar-refractivity contribution >= 4 is 49.2 Å². The zero-order valence-corrected chi connectivity index (χ0v) is 45.4. The molecule has 2 heterocycles. The summed E-state index contributed by atoms with van der Waals surface area (Å²) in [6, 6.07) is 71.1. The molecule has 0 aliphatic rings. The average Bonchev–Trinajstić information content (AvgIpc) is 4.20. The van der Waals surface area contributed by atoms with Crippen LogP contribution in [0.1, 0.15) is 52.8 Å². The van der Waals surface area contributed by atoms with Gasteiger partial charge in [0.05, 0.1) is 62.3 Å². The normalized spacial score (nSPS) is 12.0. The van der Waals surface area contributed by atoms with Gasteiger partial charge in [-0.05, 0) is 181 Å². The topological polar surface area (TPSA) is 57.4 Å². The maximum Gasteiger partial charge on any atom is 0.416 e. The third-order valence-electron chi connectivity index (χ3n) is 15.4. The molecular weight excluding hydrogens is 1000 g/mol. The minimum Gasteiger partial charge on any atom is -0.309 e. The molecule has 2 aromatic heterocycles. The number of nitriles is 2. The van der Waals surface area contributed by atoms with Crippen molar-refractivity contribution in [3.8, 4) is 79.1 Å². The Labute approximate surface area is 469 Å². The van der Waals surface area contributed by atoms with Crippen molar-refractivity contribution in [2.24, 2.45) is 0 Å². The lowest BCUT2D eigenvalue weighted by Crippen LogP contribution is -2.05. The summed E-state index contributed by atoms with van der Waals surface area (Å²) in [7, 11) is 0. The van der Waals surface area contributed by atoms with Gasteiger partial charge in [-0.2, -0.15) is 23.7 Å². The molecular formula is C74H53F3N4. The highest BCUT2D eigenvalue weighted by atomic mass is 19.4. The fourth-order valence-corrected chi connectivity index (χ4v) is 11.5. The van der Waals surface area contributed by atoms with Crippen molar-refractivity contribution in [2.75, 3.05) is 0 Å². The van der Waals surface area contributed by atoms with Crippen molar-refractivity contribution in [2.45, 2.75) is 40.8 Å². The molecule has 12 aromatic rings. The van der Waals surface area contributed by atoms with Crippen LogP contribution in [0.2, 0.25) is 0 Å². The van der Waals surface area contributed by atoms with Crippen molar-refractivity contribution in [3.05, 3.63) is 270 Å². The number of benzene rings is 10. The highest BCUT2D eigenvalue weighted by Crippen LogP contribution is 2.46. The molecule has 0 fully saturated rings. The Morgan fingerprint density at radius 2 is 0.914 bits per heavy atom. The summed E-state index contributed by atoms with van der Waals surface area (Å²) in [6.45, 7) is 14.4. The molecule has 0 saturated carbocycles.